The Kier molecular flexibility index (Phi) is 4.52. The molecule has 0 radical (unpaired) electrons. The van der Waals surface area contributed by atoms with Crippen LogP contribution in [-0.2, 0) is 14.4 Å². The Balaban J connectivity index is 2.11. The summed E-state index contributed by atoms with van der Waals surface area (Å²) in [5.74, 6) is -2.29. The van der Waals surface area contributed by atoms with Crippen molar-refractivity contribution in [3.63, 3.8) is 0 Å². The van der Waals surface area contributed by atoms with Crippen LogP contribution in [0.25, 0.3) is 0 Å². The Labute approximate surface area is 121 Å². The van der Waals surface area contributed by atoms with Gasteiger partial charge in [-0.25, -0.2) is 4.39 Å². The van der Waals surface area contributed by atoms with Crippen LogP contribution in [0, 0.1) is 5.82 Å². The van der Waals surface area contributed by atoms with Gasteiger partial charge in [0.1, 0.15) is 5.82 Å². The fourth-order valence-corrected chi connectivity index (χ4v) is 2.22. The molecule has 1 unspecified atom stereocenters. The molecule has 0 saturated carbocycles. The summed E-state index contributed by atoms with van der Waals surface area (Å²) in [4.78, 5) is 35.1. The predicted octanol–water partition coefficient (Wildman–Crippen LogP) is 0.504. The summed E-state index contributed by atoms with van der Waals surface area (Å²) in [7, 11) is 0. The Hall–Kier alpha value is -2.44. The topological polar surface area (TPSA) is 87.3 Å². The second kappa shape index (κ2) is 6.34. The zero-order chi connectivity index (χ0) is 15.4. The number of halogens is 1. The van der Waals surface area contributed by atoms with Crippen molar-refractivity contribution in [1.82, 2.24) is 10.6 Å². The van der Waals surface area contributed by atoms with Gasteiger partial charge >= 0.3 is 0 Å². The van der Waals surface area contributed by atoms with Crippen LogP contribution in [0.15, 0.2) is 18.2 Å². The fourth-order valence-electron chi connectivity index (χ4n) is 2.22. The van der Waals surface area contributed by atoms with E-state index in [2.05, 4.69) is 16.0 Å². The number of benzene rings is 1. The van der Waals surface area contributed by atoms with Crippen LogP contribution in [0.2, 0.25) is 0 Å². The lowest BCUT2D eigenvalue weighted by atomic mass is 9.89. The van der Waals surface area contributed by atoms with Gasteiger partial charge in [0.2, 0.25) is 17.7 Å². The monoisotopic (exact) mass is 293 g/mol. The summed E-state index contributed by atoms with van der Waals surface area (Å²) in [6, 6.07) is 3.89. The van der Waals surface area contributed by atoms with Gasteiger partial charge in [0.25, 0.3) is 0 Å². The molecular formula is C14H16FN3O3. The van der Waals surface area contributed by atoms with Gasteiger partial charge in [-0.05, 0) is 24.6 Å². The van der Waals surface area contributed by atoms with Gasteiger partial charge in [0, 0.05) is 18.7 Å². The van der Waals surface area contributed by atoms with E-state index in [0.717, 1.165) is 0 Å². The van der Waals surface area contributed by atoms with Crippen LogP contribution in [0.1, 0.15) is 24.8 Å². The number of hydrogen-bond acceptors (Lipinski definition) is 3. The number of amides is 3. The molecule has 0 spiro atoms. The van der Waals surface area contributed by atoms with Crippen LogP contribution in [0.3, 0.4) is 0 Å². The number of fused-ring (bicyclic) bond motifs is 1. The SMILES string of the molecule is CCNC(=O)CNC(=O)C1CC(=O)Nc2cc(F)ccc21. The summed E-state index contributed by atoms with van der Waals surface area (Å²) in [6.07, 6.45) is -0.0279. The first-order valence-electron chi connectivity index (χ1n) is 6.65. The molecule has 6 nitrogen and oxygen atoms in total. The van der Waals surface area contributed by atoms with Crippen molar-refractivity contribution in [2.45, 2.75) is 19.3 Å². The molecule has 3 amide bonds. The van der Waals surface area contributed by atoms with E-state index in [-0.39, 0.29) is 24.8 Å². The molecule has 112 valence electrons. The van der Waals surface area contributed by atoms with Crippen molar-refractivity contribution in [2.24, 2.45) is 0 Å². The average Bonchev–Trinajstić information content (AvgIpc) is 2.43. The summed E-state index contributed by atoms with van der Waals surface area (Å²) < 4.78 is 13.2. The number of hydrogen-bond donors (Lipinski definition) is 3. The highest BCUT2D eigenvalue weighted by atomic mass is 19.1. The lowest BCUT2D eigenvalue weighted by Crippen LogP contribution is -2.40. The molecule has 0 saturated heterocycles. The molecule has 0 aliphatic carbocycles. The highest BCUT2D eigenvalue weighted by Crippen LogP contribution is 2.32. The van der Waals surface area contributed by atoms with Gasteiger partial charge in [-0.2, -0.15) is 0 Å². The zero-order valence-corrected chi connectivity index (χ0v) is 11.5. The van der Waals surface area contributed by atoms with Gasteiger partial charge in [-0.15, -0.1) is 0 Å². The van der Waals surface area contributed by atoms with E-state index >= 15 is 0 Å². The molecule has 1 aliphatic heterocycles. The molecule has 21 heavy (non-hydrogen) atoms. The van der Waals surface area contributed by atoms with E-state index in [1.54, 1.807) is 6.92 Å². The first kappa shape index (κ1) is 15.0. The molecule has 3 N–H and O–H groups in total. The number of carbonyl (C=O) groups excluding carboxylic acids is 3. The molecule has 2 rings (SSSR count). The van der Waals surface area contributed by atoms with Crippen molar-refractivity contribution in [2.75, 3.05) is 18.4 Å². The van der Waals surface area contributed by atoms with Crippen molar-refractivity contribution < 1.29 is 18.8 Å². The van der Waals surface area contributed by atoms with Gasteiger partial charge in [-0.1, -0.05) is 6.07 Å². The molecule has 0 fully saturated rings. The smallest absolute Gasteiger partial charge is 0.239 e. The number of likely N-dealkylation sites (N-methyl/N-ethyl adjacent to an activating group) is 1. The third-order valence-corrected chi connectivity index (χ3v) is 3.17. The van der Waals surface area contributed by atoms with E-state index in [4.69, 9.17) is 0 Å². The Morgan fingerprint density at radius 2 is 2.14 bits per heavy atom. The van der Waals surface area contributed by atoms with Crippen molar-refractivity contribution in [3.8, 4) is 0 Å². The second-order valence-corrected chi connectivity index (χ2v) is 4.71. The summed E-state index contributed by atoms with van der Waals surface area (Å²) in [6.45, 7) is 2.10. The quantitative estimate of drug-likeness (QED) is 0.755. The lowest BCUT2D eigenvalue weighted by Gasteiger charge is -2.24. The molecule has 1 heterocycles. The minimum absolute atomic E-state index is 0.0279. The number of rotatable bonds is 4. The maximum Gasteiger partial charge on any atom is 0.239 e. The second-order valence-electron chi connectivity index (χ2n) is 4.71. The number of carbonyl (C=O) groups is 3. The summed E-state index contributed by atoms with van der Waals surface area (Å²) in [5, 5.41) is 7.58. The highest BCUT2D eigenvalue weighted by molar-refractivity contribution is 6.01. The molecule has 1 aromatic carbocycles. The standard InChI is InChI=1S/C14H16FN3O3/c1-2-16-13(20)7-17-14(21)10-6-12(19)18-11-5-8(15)3-4-9(10)11/h3-5,10H,2,6-7H2,1H3,(H,16,20)(H,17,21)(H,18,19). The molecule has 0 bridgehead atoms. The molecule has 1 aromatic rings. The lowest BCUT2D eigenvalue weighted by molar-refractivity contribution is -0.128. The van der Waals surface area contributed by atoms with Gasteiger partial charge in [0.15, 0.2) is 0 Å². The first-order chi connectivity index (χ1) is 10.0. The molecule has 1 aliphatic rings. The predicted molar refractivity (Wildman–Crippen MR) is 74.1 cm³/mol. The van der Waals surface area contributed by atoms with Gasteiger partial charge < -0.3 is 16.0 Å². The van der Waals surface area contributed by atoms with Crippen LogP contribution < -0.4 is 16.0 Å². The minimum atomic E-state index is -0.719. The maximum atomic E-state index is 13.2. The Bertz CT molecular complexity index is 589. The molecule has 7 heteroatoms. The third-order valence-electron chi connectivity index (χ3n) is 3.17. The van der Waals surface area contributed by atoms with Crippen molar-refractivity contribution in [3.05, 3.63) is 29.6 Å². The van der Waals surface area contributed by atoms with Crippen molar-refractivity contribution in [1.29, 1.82) is 0 Å². The minimum Gasteiger partial charge on any atom is -0.355 e. The van der Waals surface area contributed by atoms with Crippen LogP contribution in [0.5, 0.6) is 0 Å². The number of anilines is 1. The van der Waals surface area contributed by atoms with E-state index in [0.29, 0.717) is 17.8 Å². The first-order valence-corrected chi connectivity index (χ1v) is 6.65. The maximum absolute atomic E-state index is 13.2. The van der Waals surface area contributed by atoms with Crippen LogP contribution in [0.4, 0.5) is 10.1 Å². The molecular weight excluding hydrogens is 277 g/mol. The Morgan fingerprint density at radius 3 is 2.86 bits per heavy atom. The number of nitrogens with one attached hydrogen (secondary N) is 3. The van der Waals surface area contributed by atoms with Gasteiger partial charge in [-0.3, -0.25) is 14.4 Å². The summed E-state index contributed by atoms with van der Waals surface area (Å²) >= 11 is 0. The average molecular weight is 293 g/mol. The zero-order valence-electron chi connectivity index (χ0n) is 11.5. The van der Waals surface area contributed by atoms with E-state index in [1.807, 2.05) is 0 Å². The fraction of sp³-hybridized carbons (Fsp3) is 0.357. The normalized spacial score (nSPS) is 16.7. The van der Waals surface area contributed by atoms with E-state index < -0.39 is 17.6 Å². The Morgan fingerprint density at radius 1 is 1.38 bits per heavy atom. The highest BCUT2D eigenvalue weighted by Gasteiger charge is 2.30. The molecule has 1 atom stereocenters. The van der Waals surface area contributed by atoms with Crippen LogP contribution >= 0.6 is 0 Å². The van der Waals surface area contributed by atoms with E-state index in [9.17, 15) is 18.8 Å². The van der Waals surface area contributed by atoms with Crippen molar-refractivity contribution >= 4 is 23.4 Å². The third kappa shape index (κ3) is 3.56. The van der Waals surface area contributed by atoms with Gasteiger partial charge in [0.05, 0.1) is 12.5 Å². The van der Waals surface area contributed by atoms with Crippen LogP contribution in [-0.4, -0.2) is 30.8 Å². The molecule has 0 aromatic heterocycles. The summed E-state index contributed by atoms with van der Waals surface area (Å²) in [5.41, 5.74) is 0.841. The largest absolute Gasteiger partial charge is 0.355 e. The van der Waals surface area contributed by atoms with E-state index in [1.165, 1.54) is 18.2 Å².